The zero-order valence-electron chi connectivity index (χ0n) is 13.7. The van der Waals surface area contributed by atoms with Crippen molar-refractivity contribution in [2.45, 2.75) is 26.7 Å². The highest BCUT2D eigenvalue weighted by Crippen LogP contribution is 2.22. The summed E-state index contributed by atoms with van der Waals surface area (Å²) in [4.78, 5) is 21.8. The van der Waals surface area contributed by atoms with Crippen LogP contribution < -0.4 is 5.32 Å². The first-order valence-electron chi connectivity index (χ1n) is 7.85. The van der Waals surface area contributed by atoms with Gasteiger partial charge in [-0.1, -0.05) is 18.2 Å². The van der Waals surface area contributed by atoms with E-state index < -0.39 is 0 Å². The highest BCUT2D eigenvalue weighted by atomic mass is 32.1. The van der Waals surface area contributed by atoms with Crippen molar-refractivity contribution in [3.8, 4) is 0 Å². The molecular weight excluding hydrogens is 318 g/mol. The van der Waals surface area contributed by atoms with Crippen molar-refractivity contribution in [3.05, 3.63) is 75.5 Å². The lowest BCUT2D eigenvalue weighted by Crippen LogP contribution is -2.12. The van der Waals surface area contributed by atoms with E-state index in [1.807, 2.05) is 50.2 Å². The first-order chi connectivity index (χ1) is 11.6. The lowest BCUT2D eigenvalue weighted by molar-refractivity contribution is 0.102. The van der Waals surface area contributed by atoms with Gasteiger partial charge in [0.1, 0.15) is 4.88 Å². The molecule has 0 unspecified atom stereocenters. The molecule has 5 heteroatoms. The van der Waals surface area contributed by atoms with Gasteiger partial charge in [0.15, 0.2) is 0 Å². The van der Waals surface area contributed by atoms with Crippen molar-refractivity contribution in [1.82, 2.24) is 9.97 Å². The van der Waals surface area contributed by atoms with E-state index in [9.17, 15) is 4.79 Å². The number of para-hydroxylation sites is 1. The molecule has 0 aliphatic carbocycles. The highest BCUT2D eigenvalue weighted by molar-refractivity contribution is 7.13. The molecule has 0 fully saturated rings. The fourth-order valence-electron chi connectivity index (χ4n) is 2.46. The lowest BCUT2D eigenvalue weighted by Gasteiger charge is -2.06. The number of aromatic nitrogens is 2. The summed E-state index contributed by atoms with van der Waals surface area (Å²) < 4.78 is 0. The number of aryl methyl sites for hydroxylation is 4. The van der Waals surface area contributed by atoms with Crippen molar-refractivity contribution in [2.75, 3.05) is 5.32 Å². The van der Waals surface area contributed by atoms with Crippen LogP contribution in [0.5, 0.6) is 0 Å². The number of pyridine rings is 1. The highest BCUT2D eigenvalue weighted by Gasteiger charge is 2.16. The maximum atomic E-state index is 12.5. The molecule has 2 aromatic heterocycles. The third-order valence-corrected chi connectivity index (χ3v) is 5.03. The summed E-state index contributed by atoms with van der Waals surface area (Å²) >= 11 is 1.47. The van der Waals surface area contributed by atoms with Gasteiger partial charge in [-0.3, -0.25) is 9.78 Å². The molecule has 0 atom stereocenters. The number of nitrogens with one attached hydrogen (secondary N) is 1. The van der Waals surface area contributed by atoms with Crippen LogP contribution in [0.25, 0.3) is 0 Å². The van der Waals surface area contributed by atoms with E-state index in [0.29, 0.717) is 4.88 Å². The first-order valence-corrected chi connectivity index (χ1v) is 8.67. The zero-order chi connectivity index (χ0) is 16.9. The standard InChI is InChI=1S/C19H19N3OS/c1-13-5-3-4-6-16(13)22-19(23)18-14(2)21-17(24-18)8-7-15-9-11-20-12-10-15/h3-6,9-12H,7-8H2,1-2H3,(H,22,23). The van der Waals surface area contributed by atoms with Crippen LogP contribution in [0.4, 0.5) is 5.69 Å². The SMILES string of the molecule is Cc1ccccc1NC(=O)c1sc(CCc2ccncc2)nc1C. The number of anilines is 1. The summed E-state index contributed by atoms with van der Waals surface area (Å²) in [5.74, 6) is -0.0885. The number of hydrogen-bond acceptors (Lipinski definition) is 4. The molecular formula is C19H19N3OS. The minimum absolute atomic E-state index is 0.0885. The van der Waals surface area contributed by atoms with Crippen LogP contribution in [0.3, 0.4) is 0 Å². The Morgan fingerprint density at radius 1 is 1.08 bits per heavy atom. The summed E-state index contributed by atoms with van der Waals surface area (Å²) in [5.41, 5.74) is 3.90. The normalized spacial score (nSPS) is 10.6. The Bertz CT molecular complexity index is 843. The molecule has 0 bridgehead atoms. The van der Waals surface area contributed by atoms with Crippen LogP contribution in [0.2, 0.25) is 0 Å². The van der Waals surface area contributed by atoms with Gasteiger partial charge < -0.3 is 5.32 Å². The van der Waals surface area contributed by atoms with Gasteiger partial charge >= 0.3 is 0 Å². The third kappa shape index (κ3) is 3.86. The van der Waals surface area contributed by atoms with Gasteiger partial charge in [-0.05, 0) is 49.6 Å². The minimum Gasteiger partial charge on any atom is -0.321 e. The van der Waals surface area contributed by atoms with E-state index >= 15 is 0 Å². The van der Waals surface area contributed by atoms with E-state index in [-0.39, 0.29) is 5.91 Å². The van der Waals surface area contributed by atoms with Gasteiger partial charge in [0.05, 0.1) is 10.7 Å². The molecule has 3 aromatic rings. The number of carbonyl (C=O) groups excluding carboxylic acids is 1. The van der Waals surface area contributed by atoms with Crippen LogP contribution in [-0.4, -0.2) is 15.9 Å². The monoisotopic (exact) mass is 337 g/mol. The third-order valence-electron chi connectivity index (χ3n) is 3.82. The molecule has 0 aliphatic rings. The lowest BCUT2D eigenvalue weighted by atomic mass is 10.1. The van der Waals surface area contributed by atoms with Gasteiger partial charge in [0.25, 0.3) is 5.91 Å². The Balaban J connectivity index is 1.69. The number of amides is 1. The van der Waals surface area contributed by atoms with E-state index in [4.69, 9.17) is 0 Å². The summed E-state index contributed by atoms with van der Waals surface area (Å²) in [6, 6.07) is 11.8. The number of thiazole rings is 1. The number of rotatable bonds is 5. The first kappa shape index (κ1) is 16.3. The second-order valence-corrected chi connectivity index (χ2v) is 6.73. The zero-order valence-corrected chi connectivity index (χ0v) is 14.6. The molecule has 0 saturated carbocycles. The molecule has 3 rings (SSSR count). The Morgan fingerprint density at radius 3 is 2.58 bits per heavy atom. The fraction of sp³-hybridized carbons (Fsp3) is 0.211. The second-order valence-electron chi connectivity index (χ2n) is 5.65. The van der Waals surface area contributed by atoms with E-state index in [1.54, 1.807) is 12.4 Å². The predicted molar refractivity (Wildman–Crippen MR) is 97.6 cm³/mol. The Kier molecular flexibility index (Phi) is 5.01. The van der Waals surface area contributed by atoms with Crippen LogP contribution in [0.1, 0.15) is 31.5 Å². The van der Waals surface area contributed by atoms with E-state index in [0.717, 1.165) is 34.8 Å². The van der Waals surface area contributed by atoms with Crippen molar-refractivity contribution >= 4 is 22.9 Å². The molecule has 1 amide bonds. The summed E-state index contributed by atoms with van der Waals surface area (Å²) in [5, 5.41) is 3.96. The van der Waals surface area contributed by atoms with Gasteiger partial charge in [0, 0.05) is 24.5 Å². The molecule has 4 nitrogen and oxygen atoms in total. The van der Waals surface area contributed by atoms with Gasteiger partial charge in [-0.25, -0.2) is 4.98 Å². The quantitative estimate of drug-likeness (QED) is 0.759. The number of carbonyl (C=O) groups is 1. The summed E-state index contributed by atoms with van der Waals surface area (Å²) in [6.07, 6.45) is 5.31. The number of benzene rings is 1. The second kappa shape index (κ2) is 7.36. The minimum atomic E-state index is -0.0885. The molecule has 24 heavy (non-hydrogen) atoms. The average molecular weight is 337 g/mol. The topological polar surface area (TPSA) is 54.9 Å². The fourth-order valence-corrected chi connectivity index (χ4v) is 3.42. The van der Waals surface area contributed by atoms with Crippen molar-refractivity contribution < 1.29 is 4.79 Å². The van der Waals surface area contributed by atoms with E-state index in [2.05, 4.69) is 15.3 Å². The average Bonchev–Trinajstić information content (AvgIpc) is 2.97. The molecule has 0 saturated heterocycles. The van der Waals surface area contributed by atoms with Crippen molar-refractivity contribution in [1.29, 1.82) is 0 Å². The molecule has 1 aromatic carbocycles. The Hall–Kier alpha value is -2.53. The molecule has 0 aliphatic heterocycles. The van der Waals surface area contributed by atoms with Crippen LogP contribution >= 0.6 is 11.3 Å². The van der Waals surface area contributed by atoms with Gasteiger partial charge in [-0.15, -0.1) is 11.3 Å². The maximum Gasteiger partial charge on any atom is 0.267 e. The Morgan fingerprint density at radius 2 is 1.83 bits per heavy atom. The van der Waals surface area contributed by atoms with Crippen LogP contribution in [0, 0.1) is 13.8 Å². The molecule has 2 heterocycles. The van der Waals surface area contributed by atoms with E-state index in [1.165, 1.54) is 16.9 Å². The van der Waals surface area contributed by atoms with Gasteiger partial charge in [0.2, 0.25) is 0 Å². The summed E-state index contributed by atoms with van der Waals surface area (Å²) in [7, 11) is 0. The maximum absolute atomic E-state index is 12.5. The number of nitrogens with zero attached hydrogens (tertiary/aromatic N) is 2. The van der Waals surface area contributed by atoms with Gasteiger partial charge in [-0.2, -0.15) is 0 Å². The molecule has 0 spiro atoms. The molecule has 1 N–H and O–H groups in total. The smallest absolute Gasteiger partial charge is 0.267 e. The molecule has 122 valence electrons. The van der Waals surface area contributed by atoms with Crippen molar-refractivity contribution in [3.63, 3.8) is 0 Å². The largest absolute Gasteiger partial charge is 0.321 e. The van der Waals surface area contributed by atoms with Crippen LogP contribution in [-0.2, 0) is 12.8 Å². The molecule has 0 radical (unpaired) electrons. The van der Waals surface area contributed by atoms with Crippen LogP contribution in [0.15, 0.2) is 48.8 Å². The van der Waals surface area contributed by atoms with Crippen molar-refractivity contribution in [2.24, 2.45) is 0 Å². The summed E-state index contributed by atoms with van der Waals surface area (Å²) in [6.45, 7) is 3.87. The Labute approximate surface area is 145 Å². The number of hydrogen-bond donors (Lipinski definition) is 1. The predicted octanol–water partition coefficient (Wildman–Crippen LogP) is 4.19.